The van der Waals surface area contributed by atoms with Gasteiger partial charge in [0.2, 0.25) is 0 Å². The molecule has 0 radical (unpaired) electrons. The normalized spacial score (nSPS) is 10.1. The average Bonchev–Trinajstić information content (AvgIpc) is 2.20. The molecular weight excluding hydrogens is 239 g/mol. The van der Waals surface area contributed by atoms with Crippen LogP contribution >= 0.6 is 0 Å². The van der Waals surface area contributed by atoms with Crippen LogP contribution in [0.5, 0.6) is 0 Å². The van der Waals surface area contributed by atoms with Crippen molar-refractivity contribution in [3.8, 4) is 0 Å². The van der Waals surface area contributed by atoms with E-state index in [1.807, 2.05) is 6.07 Å². The Morgan fingerprint density at radius 3 is 2.57 bits per heavy atom. The molecule has 2 heteroatoms. The maximum atomic E-state index is 11.2. The van der Waals surface area contributed by atoms with E-state index < -0.39 is 0 Å². The minimum absolute atomic E-state index is 0.422. The number of rotatable bonds is 6. The Kier molecular flexibility index (Phi) is 5.58. The Balaban J connectivity index is 2.19. The van der Waals surface area contributed by atoms with Gasteiger partial charge < -0.3 is 0 Å². The van der Waals surface area contributed by atoms with Crippen molar-refractivity contribution in [2.24, 2.45) is 0 Å². The summed E-state index contributed by atoms with van der Waals surface area (Å²) in [4.78, 5) is 11.2. The summed E-state index contributed by atoms with van der Waals surface area (Å²) in [5.74, 6) is 0.422. The van der Waals surface area contributed by atoms with Gasteiger partial charge >= 0.3 is 91.8 Å². The number of Topliss-reactive ketones (excluding diaryl/α,β-unsaturated/α-hetero) is 1. The zero-order valence-corrected chi connectivity index (χ0v) is 10.2. The first-order valence-electron chi connectivity index (χ1n) is 5.02. The zero-order valence-electron chi connectivity index (χ0n) is 8.53. The molecule has 0 atom stereocenters. The quantitative estimate of drug-likeness (QED) is 0.712. The summed E-state index contributed by atoms with van der Waals surface area (Å²) >= 11 is 0.477. The summed E-state index contributed by atoms with van der Waals surface area (Å²) in [5, 5.41) is 1.05. The number of benzene rings is 1. The molecule has 0 saturated carbocycles. The van der Waals surface area contributed by atoms with Crippen LogP contribution in [0, 0.1) is 0 Å². The molecule has 1 aromatic rings. The molecule has 0 heterocycles. The molecule has 0 N–H and O–H groups in total. The summed E-state index contributed by atoms with van der Waals surface area (Å²) in [5.41, 5.74) is 0. The Morgan fingerprint density at radius 2 is 1.93 bits per heavy atom. The summed E-state index contributed by atoms with van der Waals surface area (Å²) in [6.45, 7) is 2.06. The Bertz CT molecular complexity index is 269. The first kappa shape index (κ1) is 11.5. The Labute approximate surface area is 92.1 Å². The summed E-state index contributed by atoms with van der Waals surface area (Å²) in [6.07, 6.45) is 2.50. The van der Waals surface area contributed by atoms with Crippen LogP contribution in [0.15, 0.2) is 30.3 Å². The van der Waals surface area contributed by atoms with Gasteiger partial charge in [-0.1, -0.05) is 0 Å². The molecule has 1 aromatic carbocycles. The number of ketones is 1. The second kappa shape index (κ2) is 6.80. The standard InChI is InChI=1S/C12H16OSe/c1-2-6-11(13)9-10-14-12-7-4-3-5-8-12/h3-5,7-8H,2,6,9-10H2,1H3. The molecule has 0 fully saturated rings. The summed E-state index contributed by atoms with van der Waals surface area (Å²) in [6, 6.07) is 10.4. The van der Waals surface area contributed by atoms with Crippen molar-refractivity contribution in [2.75, 3.05) is 0 Å². The van der Waals surface area contributed by atoms with Crippen LogP contribution in [0.1, 0.15) is 26.2 Å². The van der Waals surface area contributed by atoms with Crippen molar-refractivity contribution in [1.82, 2.24) is 0 Å². The van der Waals surface area contributed by atoms with E-state index in [9.17, 15) is 4.79 Å². The maximum absolute atomic E-state index is 11.2. The third-order valence-corrected chi connectivity index (χ3v) is 4.05. The van der Waals surface area contributed by atoms with Gasteiger partial charge in [-0.05, 0) is 0 Å². The summed E-state index contributed by atoms with van der Waals surface area (Å²) < 4.78 is 1.39. The topological polar surface area (TPSA) is 17.1 Å². The third kappa shape index (κ3) is 4.59. The molecule has 0 aromatic heterocycles. The van der Waals surface area contributed by atoms with Crippen LogP contribution in [0.3, 0.4) is 0 Å². The van der Waals surface area contributed by atoms with E-state index in [1.165, 1.54) is 4.46 Å². The fraction of sp³-hybridized carbons (Fsp3) is 0.417. The number of carbonyl (C=O) groups excluding carboxylic acids is 1. The van der Waals surface area contributed by atoms with Gasteiger partial charge in [-0.25, -0.2) is 0 Å². The fourth-order valence-corrected chi connectivity index (χ4v) is 3.12. The molecule has 0 amide bonds. The van der Waals surface area contributed by atoms with Crippen LogP contribution in [-0.2, 0) is 4.79 Å². The van der Waals surface area contributed by atoms with E-state index >= 15 is 0 Å². The van der Waals surface area contributed by atoms with Crippen molar-refractivity contribution in [3.05, 3.63) is 30.3 Å². The van der Waals surface area contributed by atoms with Gasteiger partial charge in [0.25, 0.3) is 0 Å². The van der Waals surface area contributed by atoms with Crippen LogP contribution in [-0.4, -0.2) is 20.7 Å². The zero-order chi connectivity index (χ0) is 10.2. The molecule has 0 aliphatic rings. The fourth-order valence-electron chi connectivity index (χ4n) is 1.20. The predicted molar refractivity (Wildman–Crippen MR) is 61.2 cm³/mol. The second-order valence-corrected chi connectivity index (χ2v) is 5.65. The molecule has 0 spiro atoms. The van der Waals surface area contributed by atoms with Crippen molar-refractivity contribution < 1.29 is 4.79 Å². The van der Waals surface area contributed by atoms with Crippen LogP contribution in [0.2, 0.25) is 5.32 Å². The van der Waals surface area contributed by atoms with Gasteiger partial charge in [0, 0.05) is 0 Å². The van der Waals surface area contributed by atoms with E-state index in [-0.39, 0.29) is 0 Å². The molecule has 1 nitrogen and oxygen atoms in total. The third-order valence-electron chi connectivity index (χ3n) is 1.92. The predicted octanol–water partition coefficient (Wildman–Crippen LogP) is 2.19. The molecule has 0 bridgehead atoms. The average molecular weight is 255 g/mol. The molecule has 0 aliphatic heterocycles. The first-order chi connectivity index (χ1) is 6.83. The number of hydrogen-bond donors (Lipinski definition) is 0. The first-order valence-corrected chi connectivity index (χ1v) is 7.09. The van der Waals surface area contributed by atoms with Gasteiger partial charge in [-0.2, -0.15) is 0 Å². The van der Waals surface area contributed by atoms with Crippen molar-refractivity contribution in [2.45, 2.75) is 31.5 Å². The van der Waals surface area contributed by atoms with Crippen LogP contribution in [0.25, 0.3) is 0 Å². The number of hydrogen-bond acceptors (Lipinski definition) is 1. The van der Waals surface area contributed by atoms with Crippen LogP contribution in [0.4, 0.5) is 0 Å². The van der Waals surface area contributed by atoms with Gasteiger partial charge in [-0.15, -0.1) is 0 Å². The molecule has 0 saturated heterocycles. The van der Waals surface area contributed by atoms with Gasteiger partial charge in [0.15, 0.2) is 0 Å². The molecule has 1 rings (SSSR count). The molecule has 76 valence electrons. The van der Waals surface area contributed by atoms with Crippen molar-refractivity contribution in [1.29, 1.82) is 0 Å². The summed E-state index contributed by atoms with van der Waals surface area (Å²) in [7, 11) is 0. The molecular formula is C12H16OSe. The van der Waals surface area contributed by atoms with E-state index in [1.54, 1.807) is 0 Å². The molecule has 14 heavy (non-hydrogen) atoms. The Hall–Kier alpha value is -0.591. The minimum atomic E-state index is 0.422. The van der Waals surface area contributed by atoms with E-state index in [0.717, 1.165) is 24.6 Å². The van der Waals surface area contributed by atoms with Crippen molar-refractivity contribution in [3.63, 3.8) is 0 Å². The monoisotopic (exact) mass is 256 g/mol. The van der Waals surface area contributed by atoms with E-state index in [4.69, 9.17) is 0 Å². The van der Waals surface area contributed by atoms with E-state index in [0.29, 0.717) is 20.7 Å². The van der Waals surface area contributed by atoms with E-state index in [2.05, 4.69) is 31.2 Å². The molecule has 0 unspecified atom stereocenters. The van der Waals surface area contributed by atoms with Gasteiger partial charge in [0.05, 0.1) is 0 Å². The molecule has 0 aliphatic carbocycles. The van der Waals surface area contributed by atoms with Gasteiger partial charge in [-0.3, -0.25) is 0 Å². The SMILES string of the molecule is CCCC(=O)CC[Se]c1ccccc1. The second-order valence-electron chi connectivity index (χ2n) is 3.20. The Morgan fingerprint density at radius 1 is 1.21 bits per heavy atom. The van der Waals surface area contributed by atoms with Crippen molar-refractivity contribution >= 4 is 25.2 Å². The van der Waals surface area contributed by atoms with Gasteiger partial charge in [0.1, 0.15) is 0 Å². The van der Waals surface area contributed by atoms with Crippen LogP contribution < -0.4 is 4.46 Å². The number of carbonyl (C=O) groups is 1.